The van der Waals surface area contributed by atoms with Crippen molar-refractivity contribution in [3.05, 3.63) is 0 Å². The number of unbranched alkanes of at least 4 members (excludes halogenated alkanes) is 16. The van der Waals surface area contributed by atoms with Crippen LogP contribution in [0.1, 0.15) is 142 Å². The fourth-order valence-corrected chi connectivity index (χ4v) is 4.39. The maximum atomic E-state index is 12.4. The maximum Gasteiger partial charge on any atom is 0.306 e. The highest BCUT2D eigenvalue weighted by Crippen LogP contribution is 2.15. The van der Waals surface area contributed by atoms with Crippen LogP contribution in [0.15, 0.2) is 0 Å². The summed E-state index contributed by atoms with van der Waals surface area (Å²) in [6.07, 6.45) is 14.1. The van der Waals surface area contributed by atoms with Crippen LogP contribution in [0.5, 0.6) is 0 Å². The third kappa shape index (κ3) is 20.7. The second kappa shape index (κ2) is 26.0. The predicted molar refractivity (Wildman–Crippen MR) is 150 cm³/mol. The number of aliphatic hydroxyl groups excluding tert-OH is 4. The molecule has 0 heterocycles. The van der Waals surface area contributed by atoms with Gasteiger partial charge in [-0.1, -0.05) is 117 Å². The molecule has 0 aliphatic carbocycles. The number of hydrogen-bond donors (Lipinski definition) is 4. The summed E-state index contributed by atoms with van der Waals surface area (Å²) in [4.78, 5) is 24.5. The second-order valence-corrected chi connectivity index (χ2v) is 10.6. The van der Waals surface area contributed by atoms with E-state index in [2.05, 4.69) is 13.8 Å². The minimum atomic E-state index is -1.75. The largest absolute Gasteiger partial charge is 0.462 e. The molecule has 226 valence electrons. The molecular weight excluding hydrogens is 488 g/mol. The van der Waals surface area contributed by atoms with Crippen LogP contribution in [0.2, 0.25) is 0 Å². The molecular formula is C30H58O8. The molecule has 0 aromatic heterocycles. The second-order valence-electron chi connectivity index (χ2n) is 10.6. The van der Waals surface area contributed by atoms with Gasteiger partial charge < -0.3 is 29.9 Å². The molecule has 0 bridgehead atoms. The molecule has 0 aliphatic rings. The molecule has 8 nitrogen and oxygen atoms in total. The zero-order valence-electron chi connectivity index (χ0n) is 24.3. The number of esters is 2. The van der Waals surface area contributed by atoms with E-state index in [1.54, 1.807) is 0 Å². The smallest absolute Gasteiger partial charge is 0.306 e. The van der Waals surface area contributed by atoms with Gasteiger partial charge in [0.2, 0.25) is 0 Å². The highest BCUT2D eigenvalue weighted by atomic mass is 16.6. The fraction of sp³-hybridized carbons (Fsp3) is 0.933. The fourth-order valence-electron chi connectivity index (χ4n) is 4.39. The van der Waals surface area contributed by atoms with Gasteiger partial charge in [0.25, 0.3) is 0 Å². The van der Waals surface area contributed by atoms with Crippen molar-refractivity contribution in [3.8, 4) is 0 Å². The van der Waals surface area contributed by atoms with Gasteiger partial charge in [0.1, 0.15) is 24.9 Å². The van der Waals surface area contributed by atoms with Crippen molar-refractivity contribution in [3.63, 3.8) is 0 Å². The molecule has 0 aliphatic heterocycles. The Morgan fingerprint density at radius 1 is 0.579 bits per heavy atom. The van der Waals surface area contributed by atoms with Crippen molar-refractivity contribution in [2.75, 3.05) is 13.2 Å². The summed E-state index contributed by atoms with van der Waals surface area (Å²) in [5.41, 5.74) is 0. The molecule has 0 fully saturated rings. The summed E-state index contributed by atoms with van der Waals surface area (Å²) < 4.78 is 10.6. The van der Waals surface area contributed by atoms with Gasteiger partial charge in [0, 0.05) is 12.8 Å². The Balaban J connectivity index is 4.37. The van der Waals surface area contributed by atoms with Crippen LogP contribution in [-0.4, -0.2) is 70.0 Å². The van der Waals surface area contributed by atoms with E-state index in [-0.39, 0.29) is 12.8 Å². The van der Waals surface area contributed by atoms with E-state index in [1.165, 1.54) is 64.2 Å². The molecule has 0 spiro atoms. The zero-order valence-corrected chi connectivity index (χ0v) is 24.3. The van der Waals surface area contributed by atoms with Crippen LogP contribution in [0.4, 0.5) is 0 Å². The van der Waals surface area contributed by atoms with Gasteiger partial charge >= 0.3 is 11.9 Å². The third-order valence-electron chi connectivity index (χ3n) is 6.97. The molecule has 0 rings (SSSR count). The summed E-state index contributed by atoms with van der Waals surface area (Å²) in [6.45, 7) is 3.21. The van der Waals surface area contributed by atoms with Gasteiger partial charge in [0.15, 0.2) is 6.10 Å². The summed E-state index contributed by atoms with van der Waals surface area (Å²) in [5.74, 6) is -1.02. The van der Waals surface area contributed by atoms with Crippen LogP contribution in [0.25, 0.3) is 0 Å². The lowest BCUT2D eigenvalue weighted by Crippen LogP contribution is -2.49. The van der Waals surface area contributed by atoms with Crippen LogP contribution in [0, 0.1) is 0 Å². The van der Waals surface area contributed by atoms with E-state index in [4.69, 9.17) is 14.6 Å². The molecule has 8 heteroatoms. The first-order valence-electron chi connectivity index (χ1n) is 15.4. The first-order chi connectivity index (χ1) is 18.4. The molecule has 0 aromatic rings. The van der Waals surface area contributed by atoms with Crippen LogP contribution < -0.4 is 0 Å². The lowest BCUT2D eigenvalue weighted by atomic mass is 10.0. The van der Waals surface area contributed by atoms with Gasteiger partial charge in [0.05, 0.1) is 6.61 Å². The molecule has 0 radical (unpaired) electrons. The molecule has 0 saturated carbocycles. The van der Waals surface area contributed by atoms with E-state index in [0.29, 0.717) is 12.8 Å². The Hall–Kier alpha value is -1.22. The third-order valence-corrected chi connectivity index (χ3v) is 6.97. The highest BCUT2D eigenvalue weighted by molar-refractivity contribution is 5.70. The van der Waals surface area contributed by atoms with Crippen molar-refractivity contribution >= 4 is 11.9 Å². The molecule has 4 atom stereocenters. The van der Waals surface area contributed by atoms with Gasteiger partial charge in [-0.15, -0.1) is 0 Å². The minimum Gasteiger partial charge on any atom is -0.462 e. The monoisotopic (exact) mass is 546 g/mol. The summed E-state index contributed by atoms with van der Waals surface area (Å²) in [5, 5.41) is 39.3. The van der Waals surface area contributed by atoms with Crippen LogP contribution in [0.3, 0.4) is 0 Å². The minimum absolute atomic E-state index is 0.157. The first kappa shape index (κ1) is 36.8. The number of carbonyl (C=O) groups is 2. The summed E-state index contributed by atoms with van der Waals surface area (Å²) >= 11 is 0. The Labute approximate surface area is 231 Å². The van der Waals surface area contributed by atoms with Crippen LogP contribution in [-0.2, 0) is 19.1 Å². The normalized spacial score (nSPS) is 14.6. The van der Waals surface area contributed by atoms with Crippen molar-refractivity contribution < 1.29 is 39.5 Å². The summed E-state index contributed by atoms with van der Waals surface area (Å²) in [6, 6.07) is 0. The number of rotatable bonds is 27. The SMILES string of the molecule is CCCCCCCCCCCC(=O)OC[C@H](OC(=O)CCCCCCCCCCC)[C@@H](O)[C@H](O)[C@H](O)CO. The van der Waals surface area contributed by atoms with Gasteiger partial charge in [-0.05, 0) is 12.8 Å². The standard InChI is InChI=1S/C30H58O8/c1-3-5-7-9-11-13-15-17-19-21-27(33)37-24-26(30(36)29(35)25(32)23-31)38-28(34)22-20-18-16-14-12-10-8-6-4-2/h25-26,29-32,35-36H,3-24H2,1-2H3/t25-,26+,29-,30-/m1/s1. The molecule has 0 aromatic carbocycles. The first-order valence-corrected chi connectivity index (χ1v) is 15.4. The average Bonchev–Trinajstić information content (AvgIpc) is 2.92. The quantitative estimate of drug-likeness (QED) is 0.0799. The van der Waals surface area contributed by atoms with Crippen LogP contribution >= 0.6 is 0 Å². The van der Waals surface area contributed by atoms with Crippen molar-refractivity contribution in [2.45, 2.75) is 167 Å². The molecule has 0 saturated heterocycles. The zero-order chi connectivity index (χ0) is 28.4. The van der Waals surface area contributed by atoms with Gasteiger partial charge in [-0.2, -0.15) is 0 Å². The Morgan fingerprint density at radius 3 is 1.39 bits per heavy atom. The van der Waals surface area contributed by atoms with E-state index >= 15 is 0 Å². The lowest BCUT2D eigenvalue weighted by molar-refractivity contribution is -0.178. The molecule has 0 unspecified atom stereocenters. The predicted octanol–water partition coefficient (Wildman–Crippen LogP) is 5.36. The van der Waals surface area contributed by atoms with Gasteiger partial charge in [-0.3, -0.25) is 9.59 Å². The summed E-state index contributed by atoms with van der Waals surface area (Å²) in [7, 11) is 0. The van der Waals surface area contributed by atoms with E-state index in [0.717, 1.165) is 38.5 Å². The number of ether oxygens (including phenoxy) is 2. The Kier molecular flexibility index (Phi) is 25.2. The van der Waals surface area contributed by atoms with E-state index < -0.39 is 49.6 Å². The van der Waals surface area contributed by atoms with Crippen molar-refractivity contribution in [2.24, 2.45) is 0 Å². The molecule has 0 amide bonds. The van der Waals surface area contributed by atoms with E-state index in [9.17, 15) is 24.9 Å². The highest BCUT2D eigenvalue weighted by Gasteiger charge is 2.34. The van der Waals surface area contributed by atoms with Gasteiger partial charge in [-0.25, -0.2) is 0 Å². The lowest BCUT2D eigenvalue weighted by Gasteiger charge is -2.28. The average molecular weight is 547 g/mol. The molecule has 4 N–H and O–H groups in total. The Bertz CT molecular complexity index is 556. The van der Waals surface area contributed by atoms with Crippen molar-refractivity contribution in [1.82, 2.24) is 0 Å². The maximum absolute atomic E-state index is 12.4. The number of aliphatic hydroxyl groups is 4. The topological polar surface area (TPSA) is 134 Å². The molecule has 38 heavy (non-hydrogen) atoms. The number of hydrogen-bond acceptors (Lipinski definition) is 8. The Morgan fingerprint density at radius 2 is 0.974 bits per heavy atom. The van der Waals surface area contributed by atoms with Crippen molar-refractivity contribution in [1.29, 1.82) is 0 Å². The number of carbonyl (C=O) groups excluding carboxylic acids is 2. The van der Waals surface area contributed by atoms with E-state index in [1.807, 2.05) is 0 Å².